The number of hydrogen-bond acceptors (Lipinski definition) is 7. The number of hydrogen-bond donors (Lipinski definition) is 3. The Kier molecular flexibility index (Phi) is 10.2. The molecule has 3 rings (SSSR count). The molecule has 3 N–H and O–H groups in total. The van der Waals surface area contributed by atoms with Crippen molar-refractivity contribution in [2.75, 3.05) is 38.7 Å². The maximum atomic E-state index is 11.8. The highest BCUT2D eigenvalue weighted by Crippen LogP contribution is 2.33. The Labute approximate surface area is 182 Å². The van der Waals surface area contributed by atoms with Crippen molar-refractivity contribution in [2.24, 2.45) is 0 Å². The third kappa shape index (κ3) is 8.31. The van der Waals surface area contributed by atoms with Gasteiger partial charge in [0.2, 0.25) is 5.91 Å². The van der Waals surface area contributed by atoms with Gasteiger partial charge in [0.25, 0.3) is 0 Å². The molecule has 3 amide bonds. The quantitative estimate of drug-likeness (QED) is 0.179. The summed E-state index contributed by atoms with van der Waals surface area (Å²) in [7, 11) is 0. The number of urea groups is 1. The molecule has 3 aliphatic heterocycles. The Morgan fingerprint density at radius 1 is 1.30 bits per heavy atom. The number of amides is 3. The third-order valence-electron chi connectivity index (χ3n) is 5.04. The molecule has 3 fully saturated rings. The van der Waals surface area contributed by atoms with Gasteiger partial charge in [0.05, 0.1) is 25.3 Å². The van der Waals surface area contributed by atoms with Crippen LogP contribution in [0.5, 0.6) is 0 Å². The molecular weight excluding hydrogens is 410 g/mol. The van der Waals surface area contributed by atoms with Gasteiger partial charge in [-0.1, -0.05) is 20.3 Å². The lowest BCUT2D eigenvalue weighted by Gasteiger charge is -2.16. The van der Waals surface area contributed by atoms with Gasteiger partial charge in [-0.3, -0.25) is 4.79 Å². The molecule has 0 aromatic heterocycles. The summed E-state index contributed by atoms with van der Waals surface area (Å²) in [5, 5.41) is 9.12. The zero-order valence-electron chi connectivity index (χ0n) is 18.2. The number of epoxide rings is 1. The second-order valence-electron chi connectivity index (χ2n) is 7.67. The second kappa shape index (κ2) is 12.4. The Morgan fingerprint density at radius 2 is 2.07 bits per heavy atom. The first-order chi connectivity index (χ1) is 14.5. The zero-order valence-corrected chi connectivity index (χ0v) is 19.0. The molecule has 9 nitrogen and oxygen atoms in total. The van der Waals surface area contributed by atoms with Crippen molar-refractivity contribution in [2.45, 2.75) is 69.4 Å². The van der Waals surface area contributed by atoms with E-state index in [0.717, 1.165) is 25.0 Å². The van der Waals surface area contributed by atoms with Gasteiger partial charge in [-0.05, 0) is 19.8 Å². The van der Waals surface area contributed by atoms with Gasteiger partial charge in [-0.2, -0.15) is 11.8 Å². The van der Waals surface area contributed by atoms with Gasteiger partial charge >= 0.3 is 12.0 Å². The number of carbonyl (C=O) groups excluding carboxylic acids is 3. The SMILES string of the molecule is CC.CC1(COC(=O)COCCNC(=O)CCCCC2SCC3NC(=O)NC32)CO1. The molecule has 3 heterocycles. The first-order valence-electron chi connectivity index (χ1n) is 10.8. The van der Waals surface area contributed by atoms with Crippen molar-refractivity contribution in [3.8, 4) is 0 Å². The molecule has 10 heteroatoms. The van der Waals surface area contributed by atoms with Crippen molar-refractivity contribution in [3.05, 3.63) is 0 Å². The van der Waals surface area contributed by atoms with Gasteiger partial charge in [0.1, 0.15) is 18.8 Å². The maximum absolute atomic E-state index is 11.8. The van der Waals surface area contributed by atoms with Crippen LogP contribution in [0.15, 0.2) is 0 Å². The maximum Gasteiger partial charge on any atom is 0.332 e. The highest BCUT2D eigenvalue weighted by molar-refractivity contribution is 8.00. The van der Waals surface area contributed by atoms with Crippen LogP contribution in [0.4, 0.5) is 4.79 Å². The molecule has 0 aromatic rings. The minimum absolute atomic E-state index is 0.0160. The lowest BCUT2D eigenvalue weighted by Crippen LogP contribution is -2.36. The van der Waals surface area contributed by atoms with E-state index in [1.807, 2.05) is 32.5 Å². The van der Waals surface area contributed by atoms with Crippen molar-refractivity contribution in [1.29, 1.82) is 0 Å². The van der Waals surface area contributed by atoms with Gasteiger partial charge in [-0.15, -0.1) is 0 Å². The number of unbranched alkanes of at least 4 members (excludes halogenated alkanes) is 1. The molecule has 30 heavy (non-hydrogen) atoms. The standard InChI is InChI=1S/C18H29N3O6S.C2H6/c1-18(11-27-18)10-26-15(23)8-25-7-6-19-14(22)5-3-2-4-13-16-12(9-28-13)20-17(24)21-16;1-2/h12-13,16H,2-11H2,1H3,(H,19,22)(H2,20,21,24);1-2H3. The first-order valence-corrected chi connectivity index (χ1v) is 11.8. The van der Waals surface area contributed by atoms with E-state index in [4.69, 9.17) is 14.2 Å². The highest BCUT2D eigenvalue weighted by Gasteiger charge is 2.42. The molecule has 0 saturated carbocycles. The highest BCUT2D eigenvalue weighted by atomic mass is 32.2. The minimum Gasteiger partial charge on any atom is -0.461 e. The monoisotopic (exact) mass is 445 g/mol. The molecule has 0 radical (unpaired) electrons. The summed E-state index contributed by atoms with van der Waals surface area (Å²) in [6.07, 6.45) is 3.23. The minimum atomic E-state index is -0.427. The Bertz CT molecular complexity index is 587. The molecule has 0 bridgehead atoms. The predicted molar refractivity (Wildman–Crippen MR) is 114 cm³/mol. The normalized spacial score (nSPS) is 28.5. The first kappa shape index (κ1) is 24.7. The summed E-state index contributed by atoms with van der Waals surface area (Å²) < 4.78 is 15.4. The molecule has 0 aromatic carbocycles. The zero-order chi connectivity index (χ0) is 22.0. The molecule has 3 saturated heterocycles. The number of rotatable bonds is 12. The van der Waals surface area contributed by atoms with Crippen LogP contribution in [0.25, 0.3) is 0 Å². The van der Waals surface area contributed by atoms with Crippen LogP contribution in [-0.4, -0.2) is 79.6 Å². The molecule has 0 spiro atoms. The summed E-state index contributed by atoms with van der Waals surface area (Å²) in [5.74, 6) is 0.511. The van der Waals surface area contributed by atoms with Crippen LogP contribution in [0.3, 0.4) is 0 Å². The van der Waals surface area contributed by atoms with Crippen LogP contribution < -0.4 is 16.0 Å². The number of thioether (sulfide) groups is 1. The smallest absolute Gasteiger partial charge is 0.332 e. The van der Waals surface area contributed by atoms with E-state index >= 15 is 0 Å². The summed E-state index contributed by atoms with van der Waals surface area (Å²) in [4.78, 5) is 34.7. The van der Waals surface area contributed by atoms with Crippen LogP contribution >= 0.6 is 11.8 Å². The van der Waals surface area contributed by atoms with E-state index in [1.165, 1.54) is 0 Å². The lowest BCUT2D eigenvalue weighted by atomic mass is 10.0. The summed E-state index contributed by atoms with van der Waals surface area (Å²) in [6, 6.07) is 0.393. The summed E-state index contributed by atoms with van der Waals surface area (Å²) in [6.45, 7) is 7.25. The average molecular weight is 446 g/mol. The number of esters is 1. The predicted octanol–water partition coefficient (Wildman–Crippen LogP) is 1.20. The fourth-order valence-corrected chi connectivity index (χ4v) is 4.81. The number of nitrogens with one attached hydrogen (secondary N) is 3. The lowest BCUT2D eigenvalue weighted by molar-refractivity contribution is -0.150. The molecule has 172 valence electrons. The van der Waals surface area contributed by atoms with Gasteiger partial charge in [-0.25, -0.2) is 9.59 Å². The van der Waals surface area contributed by atoms with E-state index in [9.17, 15) is 14.4 Å². The number of fused-ring (bicyclic) bond motifs is 1. The van der Waals surface area contributed by atoms with E-state index in [2.05, 4.69) is 16.0 Å². The van der Waals surface area contributed by atoms with Gasteiger partial charge in [0.15, 0.2) is 0 Å². The van der Waals surface area contributed by atoms with E-state index in [-0.39, 0.29) is 49.4 Å². The molecule has 3 aliphatic rings. The largest absolute Gasteiger partial charge is 0.461 e. The van der Waals surface area contributed by atoms with Gasteiger partial charge < -0.3 is 30.2 Å². The van der Waals surface area contributed by atoms with Crippen LogP contribution in [0.1, 0.15) is 46.5 Å². The Morgan fingerprint density at radius 3 is 2.80 bits per heavy atom. The Balaban J connectivity index is 0.00000155. The summed E-state index contributed by atoms with van der Waals surface area (Å²) >= 11 is 1.89. The second-order valence-corrected chi connectivity index (χ2v) is 8.94. The fourth-order valence-electron chi connectivity index (χ4n) is 3.26. The topological polar surface area (TPSA) is 118 Å². The van der Waals surface area contributed by atoms with Gasteiger partial charge in [0, 0.05) is 24.0 Å². The van der Waals surface area contributed by atoms with Crippen molar-refractivity contribution < 1.29 is 28.6 Å². The average Bonchev–Trinajstić information content (AvgIpc) is 3.19. The van der Waals surface area contributed by atoms with Crippen molar-refractivity contribution >= 4 is 29.7 Å². The van der Waals surface area contributed by atoms with E-state index < -0.39 is 5.97 Å². The number of ether oxygens (including phenoxy) is 3. The third-order valence-corrected chi connectivity index (χ3v) is 6.55. The van der Waals surface area contributed by atoms with Crippen LogP contribution in [0.2, 0.25) is 0 Å². The van der Waals surface area contributed by atoms with Crippen molar-refractivity contribution in [1.82, 2.24) is 16.0 Å². The fraction of sp³-hybridized carbons (Fsp3) is 0.850. The van der Waals surface area contributed by atoms with Crippen LogP contribution in [0, 0.1) is 0 Å². The van der Waals surface area contributed by atoms with E-state index in [0.29, 0.717) is 24.8 Å². The van der Waals surface area contributed by atoms with Crippen molar-refractivity contribution in [3.63, 3.8) is 0 Å². The molecular formula is C20H35N3O6S. The molecule has 4 atom stereocenters. The molecule has 0 aliphatic carbocycles. The summed E-state index contributed by atoms with van der Waals surface area (Å²) in [5.41, 5.74) is -0.316. The van der Waals surface area contributed by atoms with E-state index in [1.54, 1.807) is 0 Å². The Hall–Kier alpha value is -1.52. The number of carbonyl (C=O) groups is 3. The van der Waals surface area contributed by atoms with Crippen LogP contribution in [-0.2, 0) is 23.8 Å². The molecule has 4 unspecified atom stereocenters.